The molecule has 1 nitrogen and oxygen atoms in total. The molecule has 5 heavy (non-hydrogen) atoms. The van der Waals surface area contributed by atoms with E-state index >= 15 is 0 Å². The van der Waals surface area contributed by atoms with Crippen molar-refractivity contribution in [3.63, 3.8) is 0 Å². The fourth-order valence-corrected chi connectivity index (χ4v) is 0. The van der Waals surface area contributed by atoms with Gasteiger partial charge in [0.05, 0.1) is 21.1 Å². The summed E-state index contributed by atoms with van der Waals surface area (Å²) in [7, 11) is 6.25. The third-order valence-corrected chi connectivity index (χ3v) is 0. The van der Waals surface area contributed by atoms with Crippen molar-refractivity contribution in [3.8, 4) is 0 Å². The molecule has 0 atom stereocenters. The van der Waals surface area contributed by atoms with Crippen LogP contribution in [0.5, 0.6) is 0 Å². The predicted molar refractivity (Wildman–Crippen MR) is 18.7 cm³/mol. The molecule has 26 valence electrons. The van der Waals surface area contributed by atoms with Crippen LogP contribution in [0.15, 0.2) is 0 Å². The molecule has 0 fully saturated rings. The van der Waals surface area contributed by atoms with Gasteiger partial charge in [0, 0.05) is 0 Å². The van der Waals surface area contributed by atoms with Crippen LogP contribution in [0.4, 0.5) is 0 Å². The molecule has 0 saturated carbocycles. The Kier molecular flexibility index (Phi) is 9.77. The summed E-state index contributed by atoms with van der Waals surface area (Å²) in [5, 5.41) is 0. The zero-order valence-corrected chi connectivity index (χ0v) is 7.70. The molecule has 0 rings (SSSR count). The second-order valence-corrected chi connectivity index (χ2v) is 1.50. The first-order chi connectivity index (χ1) is 1.73. The van der Waals surface area contributed by atoms with Gasteiger partial charge in [0.1, 0.15) is 0 Å². The first-order valence-corrected chi connectivity index (χ1v) is 1.50. The molecule has 0 bridgehead atoms. The van der Waals surface area contributed by atoms with E-state index in [1.807, 2.05) is 0 Å². The van der Waals surface area contributed by atoms with Gasteiger partial charge < -0.3 is 4.90 Å². The Balaban J connectivity index is 0. The Morgan fingerprint density at radius 2 is 1.00 bits per heavy atom. The molecule has 0 aliphatic rings. The van der Waals surface area contributed by atoms with E-state index in [0.717, 1.165) is 0 Å². The summed E-state index contributed by atoms with van der Waals surface area (Å²) >= 11 is 0. The minimum atomic E-state index is 0. The van der Waals surface area contributed by atoms with Gasteiger partial charge >= 0.3 is 35.6 Å². The van der Waals surface area contributed by atoms with E-state index in [1.54, 1.807) is 0 Å². The molecule has 0 aromatic carbocycles. The van der Waals surface area contributed by atoms with Crippen molar-refractivity contribution < 1.29 is 40.5 Å². The molecule has 1 N–H and O–H groups in total. The molecule has 0 heterocycles. The molecular weight excluding hydrogens is 189 g/mol. The zero-order valence-electron chi connectivity index (χ0n) is 4.08. The number of quaternary nitrogens is 1. The minimum Gasteiger partial charge on any atom is -0.342 e. The molecule has 0 saturated heterocycles. The van der Waals surface area contributed by atoms with Gasteiger partial charge in [-0.15, -0.1) is 0 Å². The smallest absolute Gasteiger partial charge is 0.342 e. The monoisotopic (exact) mass is 199 g/mol. The number of hydrogen-bond donors (Lipinski definition) is 1. The maximum atomic E-state index is 2.08. The van der Waals surface area contributed by atoms with Crippen molar-refractivity contribution >= 4 is 0 Å². The third-order valence-electron chi connectivity index (χ3n) is 0. The minimum absolute atomic E-state index is 0. The van der Waals surface area contributed by atoms with E-state index in [-0.39, 0.29) is 35.6 Å². The van der Waals surface area contributed by atoms with Gasteiger partial charge in [-0.3, -0.25) is 0 Å². The van der Waals surface area contributed by atoms with E-state index in [0.29, 0.717) is 0 Å². The van der Waals surface area contributed by atoms with Gasteiger partial charge in [0.2, 0.25) is 0 Å². The predicted octanol–water partition coefficient (Wildman–Crippen LogP) is -1.24. The first-order valence-electron chi connectivity index (χ1n) is 1.50. The van der Waals surface area contributed by atoms with Crippen molar-refractivity contribution in [1.29, 1.82) is 0 Å². The van der Waals surface area contributed by atoms with E-state index in [9.17, 15) is 0 Å². The van der Waals surface area contributed by atoms with Crippen molar-refractivity contribution in [2.75, 3.05) is 21.1 Å². The Bertz CT molecular complexity index is 11.6. The van der Waals surface area contributed by atoms with Crippen LogP contribution in [-0.2, 0) is 0 Å². The fraction of sp³-hybridized carbons (Fsp3) is 1.00. The van der Waals surface area contributed by atoms with E-state index in [2.05, 4.69) is 21.1 Å². The van der Waals surface area contributed by atoms with Crippen LogP contribution in [0.1, 0.15) is 0 Å². The van der Waals surface area contributed by atoms with Crippen LogP contribution in [0.25, 0.3) is 0 Å². The number of rotatable bonds is 0. The summed E-state index contributed by atoms with van der Waals surface area (Å²) in [5.74, 6) is 0. The topological polar surface area (TPSA) is 4.44 Å². The van der Waals surface area contributed by atoms with Crippen molar-refractivity contribution in [2.24, 2.45) is 0 Å². The first kappa shape index (κ1) is 9.47. The maximum Gasteiger partial charge on any atom is 3.00 e. The van der Waals surface area contributed by atoms with E-state index in [1.165, 1.54) is 4.90 Å². The molecule has 0 radical (unpaired) electrons. The molecule has 0 aromatic rings. The van der Waals surface area contributed by atoms with E-state index < -0.39 is 0 Å². The van der Waals surface area contributed by atoms with Crippen LogP contribution in [0, 0.1) is 35.6 Å². The SMILES string of the molecule is C[NH+](C)C.[La+3]. The molecule has 0 unspecified atom stereocenters. The number of hydrogen-bond acceptors (Lipinski definition) is 0. The van der Waals surface area contributed by atoms with E-state index in [4.69, 9.17) is 0 Å². The fourth-order valence-electron chi connectivity index (χ4n) is 0. The van der Waals surface area contributed by atoms with Gasteiger partial charge in [-0.2, -0.15) is 0 Å². The van der Waals surface area contributed by atoms with Gasteiger partial charge in [0.15, 0.2) is 0 Å². The molecule has 0 aliphatic heterocycles. The van der Waals surface area contributed by atoms with Crippen LogP contribution >= 0.6 is 0 Å². The summed E-state index contributed by atoms with van der Waals surface area (Å²) in [6.07, 6.45) is 0. The van der Waals surface area contributed by atoms with Crippen LogP contribution in [0.2, 0.25) is 0 Å². The van der Waals surface area contributed by atoms with Crippen LogP contribution in [0.3, 0.4) is 0 Å². The van der Waals surface area contributed by atoms with Crippen molar-refractivity contribution in [1.82, 2.24) is 0 Å². The standard InChI is InChI=1S/C3H9N.La/c1-4(2)3;/h1-3H3;/q;+3/p+1. The Labute approximate surface area is 61.3 Å². The Hall–Kier alpha value is 1.15. The average Bonchev–Trinajstić information content (AvgIpc) is 0.811. The van der Waals surface area contributed by atoms with Crippen molar-refractivity contribution in [2.45, 2.75) is 0 Å². The van der Waals surface area contributed by atoms with Crippen molar-refractivity contribution in [3.05, 3.63) is 0 Å². The normalized spacial score (nSPS) is 7.20. The Morgan fingerprint density at radius 3 is 1.00 bits per heavy atom. The van der Waals surface area contributed by atoms with Gasteiger partial charge in [-0.25, -0.2) is 0 Å². The third kappa shape index (κ3) is 38.5. The quantitative estimate of drug-likeness (QED) is 0.497. The van der Waals surface area contributed by atoms with Gasteiger partial charge in [-0.05, 0) is 0 Å². The van der Waals surface area contributed by atoms with Gasteiger partial charge in [0.25, 0.3) is 0 Å². The number of nitrogens with one attached hydrogen (secondary N) is 1. The summed E-state index contributed by atoms with van der Waals surface area (Å²) in [6.45, 7) is 0. The maximum absolute atomic E-state index is 2.08. The molecule has 2 heteroatoms. The molecular formula is C3H10LaN+4. The molecule has 0 aromatic heterocycles. The molecule has 0 spiro atoms. The summed E-state index contributed by atoms with van der Waals surface area (Å²) < 4.78 is 0. The summed E-state index contributed by atoms with van der Waals surface area (Å²) in [6, 6.07) is 0. The second kappa shape index (κ2) is 5.15. The second-order valence-electron chi connectivity index (χ2n) is 1.50. The van der Waals surface area contributed by atoms with Gasteiger partial charge in [-0.1, -0.05) is 0 Å². The summed E-state index contributed by atoms with van der Waals surface area (Å²) in [4.78, 5) is 1.42. The summed E-state index contributed by atoms with van der Waals surface area (Å²) in [5.41, 5.74) is 0. The molecule has 0 aliphatic carbocycles. The average molecular weight is 199 g/mol. The van der Waals surface area contributed by atoms with Crippen LogP contribution < -0.4 is 4.90 Å². The van der Waals surface area contributed by atoms with Crippen LogP contribution in [-0.4, -0.2) is 21.1 Å². The zero-order chi connectivity index (χ0) is 3.58. The largest absolute Gasteiger partial charge is 3.00 e. The molecule has 0 amide bonds. The Morgan fingerprint density at radius 1 is 1.00 bits per heavy atom.